The lowest BCUT2D eigenvalue weighted by Crippen LogP contribution is -2.37. The minimum atomic E-state index is -4.34. The average Bonchev–Trinajstić information content (AvgIpc) is 2.35. The molecular formula is C13H17NO5S. The van der Waals surface area contributed by atoms with E-state index in [1.165, 1.54) is 18.2 Å². The fourth-order valence-corrected chi connectivity index (χ4v) is 2.02. The molecule has 0 saturated carbocycles. The summed E-state index contributed by atoms with van der Waals surface area (Å²) in [7, 11) is -4.34. The summed E-state index contributed by atoms with van der Waals surface area (Å²) in [5.74, 6) is -0.268. The molecule has 1 rings (SSSR count). The highest BCUT2D eigenvalue weighted by Gasteiger charge is 2.17. The Morgan fingerprint density at radius 1 is 1.45 bits per heavy atom. The van der Waals surface area contributed by atoms with Crippen molar-refractivity contribution in [3.63, 3.8) is 0 Å². The van der Waals surface area contributed by atoms with E-state index in [1.807, 2.05) is 0 Å². The molecule has 7 heteroatoms. The molecule has 0 aromatic heterocycles. The van der Waals surface area contributed by atoms with Gasteiger partial charge in [-0.2, -0.15) is 8.42 Å². The molecule has 0 spiro atoms. The first kappa shape index (κ1) is 16.2. The van der Waals surface area contributed by atoms with Crippen LogP contribution in [0.1, 0.15) is 13.8 Å². The van der Waals surface area contributed by atoms with Gasteiger partial charge in [-0.1, -0.05) is 18.7 Å². The molecule has 0 aliphatic heterocycles. The molecule has 0 bridgehead atoms. The molecule has 0 aliphatic rings. The molecule has 0 saturated heterocycles. The molecule has 1 unspecified atom stereocenters. The highest BCUT2D eigenvalue weighted by Crippen LogP contribution is 2.22. The highest BCUT2D eigenvalue weighted by atomic mass is 32.2. The smallest absolute Gasteiger partial charge is 0.298 e. The Bertz CT molecular complexity index is 609. The second-order valence-electron chi connectivity index (χ2n) is 4.39. The Morgan fingerprint density at radius 3 is 2.60 bits per heavy atom. The van der Waals surface area contributed by atoms with Gasteiger partial charge in [0.25, 0.3) is 10.1 Å². The molecule has 0 heterocycles. The van der Waals surface area contributed by atoms with Crippen LogP contribution in [0.3, 0.4) is 0 Å². The number of ether oxygens (including phenoxy) is 1. The van der Waals surface area contributed by atoms with E-state index in [-0.39, 0.29) is 29.2 Å². The maximum absolute atomic E-state index is 11.4. The number of hydrogen-bond acceptors (Lipinski definition) is 4. The van der Waals surface area contributed by atoms with E-state index >= 15 is 0 Å². The van der Waals surface area contributed by atoms with Crippen LogP contribution in [-0.2, 0) is 14.9 Å². The fourth-order valence-electron chi connectivity index (χ4n) is 1.39. The van der Waals surface area contributed by atoms with Crippen molar-refractivity contribution in [3.05, 3.63) is 36.4 Å². The van der Waals surface area contributed by atoms with Crippen molar-refractivity contribution < 1.29 is 22.5 Å². The van der Waals surface area contributed by atoms with Gasteiger partial charge in [0.05, 0.1) is 6.04 Å². The van der Waals surface area contributed by atoms with Gasteiger partial charge in [-0.15, -0.1) is 0 Å². The summed E-state index contributed by atoms with van der Waals surface area (Å²) in [4.78, 5) is 11.1. The zero-order valence-corrected chi connectivity index (χ0v) is 12.1. The molecule has 0 radical (unpaired) electrons. The minimum Gasteiger partial charge on any atom is -0.490 e. The van der Waals surface area contributed by atoms with E-state index in [4.69, 9.17) is 9.29 Å². The SMILES string of the molecule is C=C(C)C(=O)NC(C)COc1ccccc1S(=O)(=O)O. The molecule has 1 atom stereocenters. The minimum absolute atomic E-state index is 0.0337. The number of hydrogen-bond donors (Lipinski definition) is 2. The van der Waals surface area contributed by atoms with Gasteiger partial charge in [-0.3, -0.25) is 9.35 Å². The van der Waals surface area contributed by atoms with Gasteiger partial charge in [0.1, 0.15) is 17.3 Å². The maximum atomic E-state index is 11.4. The summed E-state index contributed by atoms with van der Waals surface area (Å²) in [6.07, 6.45) is 0. The third-order valence-electron chi connectivity index (χ3n) is 2.38. The third-order valence-corrected chi connectivity index (χ3v) is 3.27. The first-order valence-corrected chi connectivity index (χ1v) is 7.31. The number of carbonyl (C=O) groups excluding carboxylic acids is 1. The Labute approximate surface area is 118 Å². The first-order chi connectivity index (χ1) is 9.21. The van der Waals surface area contributed by atoms with E-state index in [1.54, 1.807) is 19.9 Å². The quantitative estimate of drug-likeness (QED) is 0.611. The summed E-state index contributed by atoms with van der Waals surface area (Å²) < 4.78 is 36.7. The summed E-state index contributed by atoms with van der Waals surface area (Å²) >= 11 is 0. The van der Waals surface area contributed by atoms with Crippen LogP contribution in [-0.4, -0.2) is 31.5 Å². The lowest BCUT2D eigenvalue weighted by molar-refractivity contribution is -0.118. The lowest BCUT2D eigenvalue weighted by Gasteiger charge is -2.16. The van der Waals surface area contributed by atoms with Crippen LogP contribution in [0.4, 0.5) is 0 Å². The second-order valence-corrected chi connectivity index (χ2v) is 5.78. The number of rotatable bonds is 6. The van der Waals surface area contributed by atoms with Crippen molar-refractivity contribution in [2.45, 2.75) is 24.8 Å². The van der Waals surface area contributed by atoms with Crippen molar-refractivity contribution in [1.82, 2.24) is 5.32 Å². The number of nitrogens with one attached hydrogen (secondary N) is 1. The molecule has 20 heavy (non-hydrogen) atoms. The van der Waals surface area contributed by atoms with E-state index in [0.29, 0.717) is 5.57 Å². The Hall–Kier alpha value is -1.86. The molecule has 2 N–H and O–H groups in total. The molecule has 110 valence electrons. The monoisotopic (exact) mass is 299 g/mol. The van der Waals surface area contributed by atoms with Crippen molar-refractivity contribution in [3.8, 4) is 5.75 Å². The largest absolute Gasteiger partial charge is 0.490 e. The summed E-state index contributed by atoms with van der Waals surface area (Å²) in [5.41, 5.74) is 0.371. The van der Waals surface area contributed by atoms with Gasteiger partial charge in [0.15, 0.2) is 0 Å². The van der Waals surface area contributed by atoms with E-state index in [9.17, 15) is 13.2 Å². The number of amides is 1. The Morgan fingerprint density at radius 2 is 2.05 bits per heavy atom. The molecule has 1 aromatic carbocycles. The van der Waals surface area contributed by atoms with Crippen LogP contribution < -0.4 is 10.1 Å². The second kappa shape index (κ2) is 6.53. The van der Waals surface area contributed by atoms with Gasteiger partial charge in [-0.05, 0) is 26.0 Å². The Kier molecular flexibility index (Phi) is 5.29. The highest BCUT2D eigenvalue weighted by molar-refractivity contribution is 7.86. The van der Waals surface area contributed by atoms with Crippen LogP contribution in [0.5, 0.6) is 5.75 Å². The van der Waals surface area contributed by atoms with Crippen molar-refractivity contribution >= 4 is 16.0 Å². The van der Waals surface area contributed by atoms with Gasteiger partial charge >= 0.3 is 0 Å². The Balaban J connectivity index is 2.72. The fraction of sp³-hybridized carbons (Fsp3) is 0.308. The van der Waals surface area contributed by atoms with E-state index in [2.05, 4.69) is 11.9 Å². The summed E-state index contributed by atoms with van der Waals surface area (Å²) in [5, 5.41) is 2.63. The zero-order chi connectivity index (χ0) is 15.3. The molecule has 0 aliphatic carbocycles. The summed E-state index contributed by atoms with van der Waals surface area (Å²) in [6.45, 7) is 6.85. The molecular weight excluding hydrogens is 282 g/mol. The standard InChI is InChI=1S/C13H17NO5S/c1-9(2)13(15)14-10(3)8-19-11-6-4-5-7-12(11)20(16,17)18/h4-7,10H,1,8H2,2-3H3,(H,14,15)(H,16,17,18). The molecule has 1 amide bonds. The van der Waals surface area contributed by atoms with Crippen molar-refractivity contribution in [2.24, 2.45) is 0 Å². The van der Waals surface area contributed by atoms with Gasteiger partial charge < -0.3 is 10.1 Å². The summed E-state index contributed by atoms with van der Waals surface area (Å²) in [6, 6.07) is 5.38. The van der Waals surface area contributed by atoms with Crippen LogP contribution >= 0.6 is 0 Å². The topological polar surface area (TPSA) is 92.7 Å². The number of para-hydroxylation sites is 1. The zero-order valence-electron chi connectivity index (χ0n) is 11.3. The molecule has 0 fully saturated rings. The van der Waals surface area contributed by atoms with E-state index in [0.717, 1.165) is 0 Å². The van der Waals surface area contributed by atoms with Crippen molar-refractivity contribution in [2.75, 3.05) is 6.61 Å². The predicted molar refractivity (Wildman–Crippen MR) is 74.2 cm³/mol. The lowest BCUT2D eigenvalue weighted by atomic mass is 10.3. The van der Waals surface area contributed by atoms with Crippen LogP contribution in [0.25, 0.3) is 0 Å². The van der Waals surface area contributed by atoms with E-state index < -0.39 is 10.1 Å². The maximum Gasteiger partial charge on any atom is 0.298 e. The van der Waals surface area contributed by atoms with Crippen molar-refractivity contribution in [1.29, 1.82) is 0 Å². The molecule has 6 nitrogen and oxygen atoms in total. The van der Waals surface area contributed by atoms with Gasteiger partial charge in [0.2, 0.25) is 5.91 Å². The van der Waals surface area contributed by atoms with Crippen LogP contribution in [0.15, 0.2) is 41.3 Å². The predicted octanol–water partition coefficient (Wildman–Crippen LogP) is 1.39. The number of carbonyl (C=O) groups is 1. The normalized spacial score (nSPS) is 12.6. The molecule has 1 aromatic rings. The van der Waals surface area contributed by atoms with Crippen LogP contribution in [0.2, 0.25) is 0 Å². The average molecular weight is 299 g/mol. The first-order valence-electron chi connectivity index (χ1n) is 5.87. The van der Waals surface area contributed by atoms with Gasteiger partial charge in [-0.25, -0.2) is 0 Å². The third kappa shape index (κ3) is 4.67. The number of benzene rings is 1. The van der Waals surface area contributed by atoms with Gasteiger partial charge in [0, 0.05) is 5.57 Å². The van der Waals surface area contributed by atoms with Crippen LogP contribution in [0, 0.1) is 0 Å².